The Bertz CT molecular complexity index is 1090. The number of nitrogen functional groups attached to an aromatic ring is 1. The summed E-state index contributed by atoms with van der Waals surface area (Å²) in [4.78, 5) is 14.6. The summed E-state index contributed by atoms with van der Waals surface area (Å²) in [6.07, 6.45) is 1.36. The molecule has 0 aliphatic rings. The van der Waals surface area contributed by atoms with Gasteiger partial charge in [-0.25, -0.2) is 0 Å². The zero-order valence-electron chi connectivity index (χ0n) is 15.8. The molecule has 4 N–H and O–H groups in total. The monoisotopic (exact) mass is 400 g/mol. The van der Waals surface area contributed by atoms with E-state index in [1.54, 1.807) is 6.07 Å². The van der Waals surface area contributed by atoms with Gasteiger partial charge in [0, 0.05) is 16.0 Å². The smallest absolute Gasteiger partial charge is 0.267 e. The molecule has 0 radical (unpaired) electrons. The first-order valence-electron chi connectivity index (χ1n) is 8.93. The molecule has 3 aromatic carbocycles. The van der Waals surface area contributed by atoms with Crippen LogP contribution in [-0.4, -0.2) is 5.91 Å². The Kier molecular flexibility index (Phi) is 6.56. The van der Waals surface area contributed by atoms with Crippen molar-refractivity contribution in [2.45, 2.75) is 16.7 Å². The average Bonchev–Trinajstić information content (AvgIpc) is 2.72. The Morgan fingerprint density at radius 1 is 1.03 bits per heavy atom. The van der Waals surface area contributed by atoms with Crippen LogP contribution in [0.2, 0.25) is 0 Å². The minimum Gasteiger partial charge on any atom is -0.397 e. The van der Waals surface area contributed by atoms with E-state index in [0.717, 1.165) is 15.4 Å². The Balaban J connectivity index is 1.75. The molecule has 0 unspecified atom stereocenters. The van der Waals surface area contributed by atoms with Gasteiger partial charge in [0.2, 0.25) is 0 Å². The number of para-hydroxylation sites is 1. The van der Waals surface area contributed by atoms with Crippen molar-refractivity contribution >= 4 is 34.7 Å². The van der Waals surface area contributed by atoms with Gasteiger partial charge in [-0.3, -0.25) is 4.79 Å². The van der Waals surface area contributed by atoms with Crippen molar-refractivity contribution in [2.75, 3.05) is 16.4 Å². The third-order valence-corrected chi connectivity index (χ3v) is 5.13. The zero-order chi connectivity index (χ0) is 20.6. The summed E-state index contributed by atoms with van der Waals surface area (Å²) in [6.45, 7) is 1.94. The molecule has 0 saturated heterocycles. The van der Waals surface area contributed by atoms with Crippen LogP contribution in [0.4, 0.5) is 17.1 Å². The summed E-state index contributed by atoms with van der Waals surface area (Å²) < 4.78 is 0. The predicted molar refractivity (Wildman–Crippen MR) is 119 cm³/mol. The Hall–Kier alpha value is -3.69. The lowest BCUT2D eigenvalue weighted by atomic mass is 10.2. The normalized spacial score (nSPS) is 10.8. The average molecular weight is 401 g/mol. The van der Waals surface area contributed by atoms with Crippen molar-refractivity contribution in [2.24, 2.45) is 0 Å². The SMILES string of the molecule is Cc1ccc(N/C=C(/C#N)C(=O)Nc2ccccc2Sc2ccccc2)c(N)c1. The van der Waals surface area contributed by atoms with Crippen LogP contribution in [0, 0.1) is 18.3 Å². The fraction of sp³-hybridized carbons (Fsp3) is 0.0435. The van der Waals surface area contributed by atoms with Crippen molar-refractivity contribution in [3.63, 3.8) is 0 Å². The highest BCUT2D eigenvalue weighted by Crippen LogP contribution is 2.33. The molecular formula is C23H20N4OS. The molecule has 3 rings (SSSR count). The van der Waals surface area contributed by atoms with Crippen LogP contribution in [-0.2, 0) is 4.79 Å². The van der Waals surface area contributed by atoms with Gasteiger partial charge in [0.1, 0.15) is 11.6 Å². The van der Waals surface area contributed by atoms with Gasteiger partial charge in [-0.1, -0.05) is 48.2 Å². The number of carbonyl (C=O) groups is 1. The van der Waals surface area contributed by atoms with Crippen molar-refractivity contribution in [3.05, 3.63) is 90.1 Å². The number of hydrogen-bond acceptors (Lipinski definition) is 5. The molecule has 144 valence electrons. The highest BCUT2D eigenvalue weighted by molar-refractivity contribution is 7.99. The summed E-state index contributed by atoms with van der Waals surface area (Å²) in [6, 6.07) is 24.8. The number of aryl methyl sites for hydroxylation is 1. The minimum absolute atomic E-state index is 0.0514. The van der Waals surface area contributed by atoms with E-state index in [2.05, 4.69) is 10.6 Å². The quantitative estimate of drug-likeness (QED) is 0.301. The number of rotatable bonds is 6. The van der Waals surface area contributed by atoms with Crippen molar-refractivity contribution < 1.29 is 4.79 Å². The molecule has 0 heterocycles. The summed E-state index contributed by atoms with van der Waals surface area (Å²) in [5.74, 6) is -0.494. The van der Waals surface area contributed by atoms with Crippen LogP contribution in [0.3, 0.4) is 0 Å². The van der Waals surface area contributed by atoms with E-state index in [1.165, 1.54) is 18.0 Å². The molecule has 0 aliphatic heterocycles. The number of amides is 1. The van der Waals surface area contributed by atoms with E-state index in [0.29, 0.717) is 17.1 Å². The number of nitriles is 1. The maximum absolute atomic E-state index is 12.6. The van der Waals surface area contributed by atoms with Crippen molar-refractivity contribution in [1.29, 1.82) is 5.26 Å². The van der Waals surface area contributed by atoms with E-state index in [-0.39, 0.29) is 5.57 Å². The molecule has 29 heavy (non-hydrogen) atoms. The van der Waals surface area contributed by atoms with Crippen LogP contribution in [0.1, 0.15) is 5.56 Å². The number of nitrogens with zero attached hydrogens (tertiary/aromatic N) is 1. The summed E-state index contributed by atoms with van der Waals surface area (Å²) in [5, 5.41) is 15.2. The van der Waals surface area contributed by atoms with E-state index in [4.69, 9.17) is 5.73 Å². The van der Waals surface area contributed by atoms with Gasteiger partial charge in [0.25, 0.3) is 5.91 Å². The van der Waals surface area contributed by atoms with Crippen LogP contribution in [0.25, 0.3) is 0 Å². The van der Waals surface area contributed by atoms with Crippen LogP contribution >= 0.6 is 11.8 Å². The number of benzene rings is 3. The fourth-order valence-electron chi connectivity index (χ4n) is 2.58. The standard InChI is InChI=1S/C23H20N4OS/c1-16-11-12-20(19(25)13-16)26-15-17(14-24)23(28)27-21-9-5-6-10-22(21)29-18-7-3-2-4-8-18/h2-13,15,26H,25H2,1H3,(H,27,28)/b17-15-. The Morgan fingerprint density at radius 3 is 2.48 bits per heavy atom. The van der Waals surface area contributed by atoms with Crippen LogP contribution in [0.5, 0.6) is 0 Å². The largest absolute Gasteiger partial charge is 0.397 e. The van der Waals surface area contributed by atoms with Gasteiger partial charge < -0.3 is 16.4 Å². The summed E-state index contributed by atoms with van der Waals surface area (Å²) in [5.41, 5.74) is 8.76. The summed E-state index contributed by atoms with van der Waals surface area (Å²) in [7, 11) is 0. The minimum atomic E-state index is -0.494. The van der Waals surface area contributed by atoms with Gasteiger partial charge in [0.15, 0.2) is 0 Å². The Morgan fingerprint density at radius 2 is 1.76 bits per heavy atom. The van der Waals surface area contributed by atoms with Gasteiger partial charge in [-0.15, -0.1) is 0 Å². The molecule has 0 bridgehead atoms. The molecule has 0 saturated carbocycles. The second-order valence-electron chi connectivity index (χ2n) is 6.27. The van der Waals surface area contributed by atoms with Gasteiger partial charge in [-0.2, -0.15) is 5.26 Å². The van der Waals surface area contributed by atoms with Crippen molar-refractivity contribution in [1.82, 2.24) is 0 Å². The highest BCUT2D eigenvalue weighted by Gasteiger charge is 2.12. The molecule has 5 nitrogen and oxygen atoms in total. The molecule has 1 amide bonds. The lowest BCUT2D eigenvalue weighted by Gasteiger charge is -2.11. The highest BCUT2D eigenvalue weighted by atomic mass is 32.2. The van der Waals surface area contributed by atoms with Gasteiger partial charge in [-0.05, 0) is 48.9 Å². The number of hydrogen-bond donors (Lipinski definition) is 3. The molecule has 0 fully saturated rings. The zero-order valence-corrected chi connectivity index (χ0v) is 16.7. The maximum Gasteiger partial charge on any atom is 0.267 e. The molecule has 0 spiro atoms. The fourth-order valence-corrected chi connectivity index (χ4v) is 3.50. The lowest BCUT2D eigenvalue weighted by molar-refractivity contribution is -0.112. The molecular weight excluding hydrogens is 380 g/mol. The lowest BCUT2D eigenvalue weighted by Crippen LogP contribution is -2.15. The maximum atomic E-state index is 12.6. The number of carbonyl (C=O) groups excluding carboxylic acids is 1. The third kappa shape index (κ3) is 5.41. The third-order valence-electron chi connectivity index (χ3n) is 4.05. The Labute approximate surface area is 174 Å². The van der Waals surface area contributed by atoms with Crippen LogP contribution < -0.4 is 16.4 Å². The first-order chi connectivity index (χ1) is 14.1. The second-order valence-corrected chi connectivity index (χ2v) is 7.39. The molecule has 3 aromatic rings. The van der Waals surface area contributed by atoms with E-state index < -0.39 is 5.91 Å². The number of anilines is 3. The summed E-state index contributed by atoms with van der Waals surface area (Å²) >= 11 is 1.54. The first kappa shape index (κ1) is 20.1. The predicted octanol–water partition coefficient (Wildman–Crippen LogP) is 5.19. The molecule has 0 aliphatic carbocycles. The second kappa shape index (κ2) is 9.49. The number of nitrogens with two attached hydrogens (primary N) is 1. The first-order valence-corrected chi connectivity index (χ1v) is 9.74. The van der Waals surface area contributed by atoms with Gasteiger partial charge in [0.05, 0.1) is 17.1 Å². The molecule has 6 heteroatoms. The molecule has 0 atom stereocenters. The topological polar surface area (TPSA) is 90.9 Å². The van der Waals surface area contributed by atoms with E-state index in [1.807, 2.05) is 79.7 Å². The number of nitrogens with one attached hydrogen (secondary N) is 2. The van der Waals surface area contributed by atoms with E-state index >= 15 is 0 Å². The van der Waals surface area contributed by atoms with Gasteiger partial charge >= 0.3 is 0 Å². The molecule has 0 aromatic heterocycles. The van der Waals surface area contributed by atoms with E-state index in [9.17, 15) is 10.1 Å². The van der Waals surface area contributed by atoms with Crippen LogP contribution in [0.15, 0.2) is 94.4 Å². The van der Waals surface area contributed by atoms with Crippen molar-refractivity contribution in [3.8, 4) is 6.07 Å².